The summed E-state index contributed by atoms with van der Waals surface area (Å²) >= 11 is 0. The van der Waals surface area contributed by atoms with Crippen LogP contribution in [0.4, 0.5) is 4.39 Å². The predicted molar refractivity (Wildman–Crippen MR) is 67.5 cm³/mol. The molecule has 0 spiro atoms. The minimum absolute atomic E-state index is 0.0160. The highest BCUT2D eigenvalue weighted by Gasteiger charge is 2.44. The van der Waals surface area contributed by atoms with E-state index < -0.39 is 0 Å². The molecule has 1 fully saturated rings. The van der Waals surface area contributed by atoms with Crippen LogP contribution in [0.2, 0.25) is 0 Å². The van der Waals surface area contributed by atoms with E-state index >= 15 is 0 Å². The van der Waals surface area contributed by atoms with E-state index in [0.29, 0.717) is 12.5 Å². The highest BCUT2D eigenvalue weighted by atomic mass is 19.1. The Morgan fingerprint density at radius 1 is 1.53 bits per heavy atom. The summed E-state index contributed by atoms with van der Waals surface area (Å²) in [5.74, 6) is 0.285. The lowest BCUT2D eigenvalue weighted by molar-refractivity contribution is 0.616. The molecule has 0 saturated heterocycles. The van der Waals surface area contributed by atoms with Crippen LogP contribution in [0.1, 0.15) is 25.3 Å². The Hall–Kier alpha value is -1.58. The molecular formula is C13H18FN3. The standard InChI is InChI=1S/C13H18FN3/c1-2-16-12(15)17-9-13(6-7-13)10-4-3-5-11(14)8-10/h3-5,8H,2,6-7,9H2,1H3,(H3,15,16,17). The predicted octanol–water partition coefficient (Wildman–Crippen LogP) is 1.78. The number of nitrogens with one attached hydrogen (secondary N) is 1. The van der Waals surface area contributed by atoms with Crippen LogP contribution in [0.3, 0.4) is 0 Å². The first kappa shape index (κ1) is 11.9. The van der Waals surface area contributed by atoms with E-state index in [-0.39, 0.29) is 11.2 Å². The second-order valence-electron chi connectivity index (χ2n) is 4.52. The van der Waals surface area contributed by atoms with Gasteiger partial charge in [0.2, 0.25) is 0 Å². The topological polar surface area (TPSA) is 50.4 Å². The number of aliphatic imine (C=N–C) groups is 1. The zero-order chi connectivity index (χ0) is 12.3. The second-order valence-corrected chi connectivity index (χ2v) is 4.52. The first-order valence-corrected chi connectivity index (χ1v) is 5.96. The van der Waals surface area contributed by atoms with Crippen molar-refractivity contribution in [2.45, 2.75) is 25.2 Å². The van der Waals surface area contributed by atoms with Crippen LogP contribution in [-0.2, 0) is 5.41 Å². The average molecular weight is 235 g/mol. The van der Waals surface area contributed by atoms with E-state index in [4.69, 9.17) is 5.73 Å². The fourth-order valence-corrected chi connectivity index (χ4v) is 1.98. The van der Waals surface area contributed by atoms with E-state index in [2.05, 4.69) is 10.3 Å². The second kappa shape index (κ2) is 4.73. The lowest BCUT2D eigenvalue weighted by Crippen LogP contribution is -2.32. The molecule has 0 bridgehead atoms. The number of benzene rings is 1. The molecule has 17 heavy (non-hydrogen) atoms. The highest BCUT2D eigenvalue weighted by Crippen LogP contribution is 2.48. The van der Waals surface area contributed by atoms with Gasteiger partial charge in [-0.05, 0) is 37.5 Å². The van der Waals surface area contributed by atoms with Crippen molar-refractivity contribution < 1.29 is 4.39 Å². The molecule has 1 aliphatic rings. The van der Waals surface area contributed by atoms with Gasteiger partial charge < -0.3 is 11.1 Å². The molecule has 3 N–H and O–H groups in total. The summed E-state index contributed by atoms with van der Waals surface area (Å²) in [4.78, 5) is 4.31. The Bertz CT molecular complexity index is 424. The lowest BCUT2D eigenvalue weighted by atomic mass is 9.96. The largest absolute Gasteiger partial charge is 0.370 e. The van der Waals surface area contributed by atoms with Gasteiger partial charge in [-0.25, -0.2) is 4.39 Å². The average Bonchev–Trinajstić information content (AvgIpc) is 3.08. The van der Waals surface area contributed by atoms with Crippen LogP contribution in [0, 0.1) is 5.82 Å². The van der Waals surface area contributed by atoms with E-state index in [9.17, 15) is 4.39 Å². The molecule has 1 aliphatic carbocycles. The monoisotopic (exact) mass is 235 g/mol. The fourth-order valence-electron chi connectivity index (χ4n) is 1.98. The van der Waals surface area contributed by atoms with Crippen molar-refractivity contribution in [2.24, 2.45) is 10.7 Å². The summed E-state index contributed by atoms with van der Waals surface area (Å²) in [7, 11) is 0. The van der Waals surface area contributed by atoms with Crippen molar-refractivity contribution in [3.8, 4) is 0 Å². The Morgan fingerprint density at radius 3 is 2.88 bits per heavy atom. The van der Waals surface area contributed by atoms with Crippen molar-refractivity contribution in [2.75, 3.05) is 13.1 Å². The molecule has 0 heterocycles. The Balaban J connectivity index is 2.07. The van der Waals surface area contributed by atoms with Gasteiger partial charge in [-0.15, -0.1) is 0 Å². The van der Waals surface area contributed by atoms with Gasteiger partial charge in [0.1, 0.15) is 5.82 Å². The molecule has 1 aromatic carbocycles. The summed E-state index contributed by atoms with van der Waals surface area (Å²) in [6.45, 7) is 3.37. The van der Waals surface area contributed by atoms with Gasteiger partial charge in [-0.2, -0.15) is 0 Å². The molecule has 0 amide bonds. The zero-order valence-corrected chi connectivity index (χ0v) is 10.0. The normalized spacial score (nSPS) is 17.9. The molecule has 1 aromatic rings. The van der Waals surface area contributed by atoms with Crippen LogP contribution >= 0.6 is 0 Å². The van der Waals surface area contributed by atoms with Gasteiger partial charge in [-0.3, -0.25) is 4.99 Å². The maximum Gasteiger partial charge on any atom is 0.188 e. The van der Waals surface area contributed by atoms with Crippen LogP contribution in [-0.4, -0.2) is 19.0 Å². The summed E-state index contributed by atoms with van der Waals surface area (Å²) in [6.07, 6.45) is 2.11. The molecule has 0 radical (unpaired) electrons. The third-order valence-electron chi connectivity index (χ3n) is 3.20. The van der Waals surface area contributed by atoms with Crippen LogP contribution in [0.15, 0.2) is 29.3 Å². The molecule has 92 valence electrons. The maximum atomic E-state index is 13.2. The van der Waals surface area contributed by atoms with Crippen molar-refractivity contribution in [3.63, 3.8) is 0 Å². The number of rotatable bonds is 4. The van der Waals surface area contributed by atoms with Crippen molar-refractivity contribution in [1.82, 2.24) is 5.32 Å². The molecule has 0 aliphatic heterocycles. The Kier molecular flexibility index (Phi) is 3.31. The third-order valence-corrected chi connectivity index (χ3v) is 3.20. The maximum absolute atomic E-state index is 13.2. The summed E-state index contributed by atoms with van der Waals surface area (Å²) in [5, 5.41) is 2.96. The number of nitrogens with two attached hydrogens (primary N) is 1. The quantitative estimate of drug-likeness (QED) is 0.617. The number of guanidine groups is 1. The van der Waals surface area contributed by atoms with Crippen LogP contribution in [0.5, 0.6) is 0 Å². The zero-order valence-electron chi connectivity index (χ0n) is 10.0. The Labute approximate surface area is 101 Å². The van der Waals surface area contributed by atoms with Gasteiger partial charge in [0.15, 0.2) is 5.96 Å². The van der Waals surface area contributed by atoms with Crippen molar-refractivity contribution in [3.05, 3.63) is 35.6 Å². The molecule has 0 aromatic heterocycles. The molecule has 0 atom stereocenters. The molecule has 3 nitrogen and oxygen atoms in total. The lowest BCUT2D eigenvalue weighted by Gasteiger charge is -2.13. The summed E-state index contributed by atoms with van der Waals surface area (Å²) in [5.41, 5.74) is 6.74. The SMILES string of the molecule is CCNC(N)=NCC1(c2cccc(F)c2)CC1. The van der Waals surface area contributed by atoms with Crippen molar-refractivity contribution in [1.29, 1.82) is 0 Å². The molecular weight excluding hydrogens is 217 g/mol. The van der Waals surface area contributed by atoms with Gasteiger partial charge in [-0.1, -0.05) is 12.1 Å². The number of hydrogen-bond acceptors (Lipinski definition) is 1. The fraction of sp³-hybridized carbons (Fsp3) is 0.462. The number of hydrogen-bond donors (Lipinski definition) is 2. The van der Waals surface area contributed by atoms with Gasteiger partial charge in [0.25, 0.3) is 0 Å². The first-order chi connectivity index (χ1) is 8.16. The van der Waals surface area contributed by atoms with E-state index in [1.807, 2.05) is 13.0 Å². The number of halogens is 1. The smallest absolute Gasteiger partial charge is 0.188 e. The summed E-state index contributed by atoms with van der Waals surface area (Å²) in [6, 6.07) is 6.79. The summed E-state index contributed by atoms with van der Waals surface area (Å²) < 4.78 is 13.2. The third kappa shape index (κ3) is 2.75. The van der Waals surface area contributed by atoms with Gasteiger partial charge in [0.05, 0.1) is 6.54 Å². The molecule has 0 unspecified atom stereocenters. The van der Waals surface area contributed by atoms with Crippen LogP contribution < -0.4 is 11.1 Å². The van der Waals surface area contributed by atoms with Crippen molar-refractivity contribution >= 4 is 5.96 Å². The molecule has 4 heteroatoms. The van der Waals surface area contributed by atoms with Gasteiger partial charge >= 0.3 is 0 Å². The Morgan fingerprint density at radius 2 is 2.29 bits per heavy atom. The minimum Gasteiger partial charge on any atom is -0.370 e. The number of nitrogens with zero attached hydrogens (tertiary/aromatic N) is 1. The minimum atomic E-state index is -0.183. The van der Waals surface area contributed by atoms with Gasteiger partial charge in [0, 0.05) is 12.0 Å². The molecule has 2 rings (SSSR count). The highest BCUT2D eigenvalue weighted by molar-refractivity contribution is 5.77. The van der Waals surface area contributed by atoms with E-state index in [0.717, 1.165) is 24.9 Å². The molecule has 1 saturated carbocycles. The van der Waals surface area contributed by atoms with E-state index in [1.165, 1.54) is 6.07 Å². The van der Waals surface area contributed by atoms with Crippen LogP contribution in [0.25, 0.3) is 0 Å². The van der Waals surface area contributed by atoms with E-state index in [1.54, 1.807) is 12.1 Å². The first-order valence-electron chi connectivity index (χ1n) is 5.96.